The number of hydrogen-bond acceptors (Lipinski definition) is 3. The van der Waals surface area contributed by atoms with Gasteiger partial charge in [-0.15, -0.1) is 0 Å². The van der Waals surface area contributed by atoms with Crippen molar-refractivity contribution in [1.82, 2.24) is 15.2 Å². The Bertz CT molecular complexity index is 912. The van der Waals surface area contributed by atoms with Gasteiger partial charge in [-0.1, -0.05) is 39.2 Å². The highest BCUT2D eigenvalue weighted by Crippen LogP contribution is 2.24. The molecule has 7 heteroatoms. The van der Waals surface area contributed by atoms with E-state index in [1.165, 1.54) is 13.3 Å². The molecule has 30 heavy (non-hydrogen) atoms. The molecule has 0 aliphatic heterocycles. The van der Waals surface area contributed by atoms with E-state index < -0.39 is 6.04 Å². The van der Waals surface area contributed by atoms with Crippen LogP contribution in [0, 0.1) is 5.92 Å². The van der Waals surface area contributed by atoms with Crippen molar-refractivity contribution in [1.29, 1.82) is 0 Å². The smallest absolute Gasteiger partial charge is 0.243 e. The van der Waals surface area contributed by atoms with Gasteiger partial charge in [0.1, 0.15) is 12.6 Å². The molecule has 0 saturated heterocycles. The van der Waals surface area contributed by atoms with Crippen molar-refractivity contribution in [3.05, 3.63) is 30.5 Å². The standard InChI is InChI=1S/C23H32N4O3/c1-15(2)22(23(30)25-17-8-5-4-6-9-17)26-21(29)14-27-13-12-18-19(24-16(3)28)10-7-11-20(18)27/h7,10-13,15,17,22H,4-6,8-9,14H2,1-3H3,(H,24,28)(H,25,30)(H,26,29)/t22-/m0/s1. The number of aromatic nitrogens is 1. The van der Waals surface area contributed by atoms with Crippen molar-refractivity contribution in [3.8, 4) is 0 Å². The maximum absolute atomic E-state index is 12.8. The Balaban J connectivity index is 1.67. The first-order valence-electron chi connectivity index (χ1n) is 10.8. The molecule has 1 aromatic carbocycles. The van der Waals surface area contributed by atoms with Crippen molar-refractivity contribution < 1.29 is 14.4 Å². The van der Waals surface area contributed by atoms with Crippen molar-refractivity contribution in [2.24, 2.45) is 5.92 Å². The fourth-order valence-corrected chi connectivity index (χ4v) is 4.11. The summed E-state index contributed by atoms with van der Waals surface area (Å²) in [6.07, 6.45) is 7.36. The summed E-state index contributed by atoms with van der Waals surface area (Å²) in [7, 11) is 0. The molecule has 1 saturated carbocycles. The summed E-state index contributed by atoms with van der Waals surface area (Å²) < 4.78 is 1.83. The number of benzene rings is 1. The largest absolute Gasteiger partial charge is 0.352 e. The number of nitrogens with one attached hydrogen (secondary N) is 3. The zero-order valence-corrected chi connectivity index (χ0v) is 18.0. The highest BCUT2D eigenvalue weighted by molar-refractivity contribution is 6.01. The number of anilines is 1. The van der Waals surface area contributed by atoms with Crippen molar-refractivity contribution in [2.45, 2.75) is 71.5 Å². The molecule has 1 aromatic heterocycles. The first-order chi connectivity index (χ1) is 14.3. The Hall–Kier alpha value is -2.83. The SMILES string of the molecule is CC(=O)Nc1cccc2c1ccn2CC(=O)N[C@H](C(=O)NC1CCCCC1)C(C)C. The van der Waals surface area contributed by atoms with E-state index in [1.54, 1.807) is 0 Å². The number of amides is 3. The Labute approximate surface area is 177 Å². The average Bonchev–Trinajstić information content (AvgIpc) is 3.10. The maximum atomic E-state index is 12.8. The van der Waals surface area contributed by atoms with E-state index in [1.807, 2.05) is 48.9 Å². The number of nitrogens with zero attached hydrogens (tertiary/aromatic N) is 1. The first kappa shape index (κ1) is 21.9. The maximum Gasteiger partial charge on any atom is 0.243 e. The highest BCUT2D eigenvalue weighted by Gasteiger charge is 2.27. The molecule has 162 valence electrons. The summed E-state index contributed by atoms with van der Waals surface area (Å²) in [6, 6.07) is 7.11. The van der Waals surface area contributed by atoms with Gasteiger partial charge in [0, 0.05) is 24.5 Å². The molecule has 1 heterocycles. The van der Waals surface area contributed by atoms with Gasteiger partial charge in [0.05, 0.1) is 11.2 Å². The molecule has 1 aliphatic carbocycles. The van der Waals surface area contributed by atoms with Crippen LogP contribution in [0.25, 0.3) is 10.9 Å². The molecular weight excluding hydrogens is 380 g/mol. The van der Waals surface area contributed by atoms with E-state index in [0.29, 0.717) is 5.69 Å². The van der Waals surface area contributed by atoms with Gasteiger partial charge in [0.2, 0.25) is 17.7 Å². The topological polar surface area (TPSA) is 92.2 Å². The van der Waals surface area contributed by atoms with Crippen LogP contribution in [0.15, 0.2) is 30.5 Å². The Kier molecular flexibility index (Phi) is 7.13. The normalized spacial score (nSPS) is 15.7. The van der Waals surface area contributed by atoms with E-state index in [4.69, 9.17) is 0 Å². The molecule has 1 fully saturated rings. The lowest BCUT2D eigenvalue weighted by atomic mass is 9.94. The van der Waals surface area contributed by atoms with Crippen LogP contribution < -0.4 is 16.0 Å². The van der Waals surface area contributed by atoms with Crippen molar-refractivity contribution >= 4 is 34.3 Å². The van der Waals surface area contributed by atoms with E-state index >= 15 is 0 Å². The minimum Gasteiger partial charge on any atom is -0.352 e. The number of rotatable bonds is 7. The van der Waals surface area contributed by atoms with Gasteiger partial charge in [-0.2, -0.15) is 0 Å². The third kappa shape index (κ3) is 5.40. The van der Waals surface area contributed by atoms with Crippen LogP contribution in [0.3, 0.4) is 0 Å². The molecule has 0 spiro atoms. The molecule has 1 aliphatic rings. The van der Waals surface area contributed by atoms with Gasteiger partial charge in [0.15, 0.2) is 0 Å². The third-order valence-corrected chi connectivity index (χ3v) is 5.66. The summed E-state index contributed by atoms with van der Waals surface area (Å²) in [5.41, 5.74) is 1.57. The molecule has 2 aromatic rings. The molecule has 1 atom stereocenters. The third-order valence-electron chi connectivity index (χ3n) is 5.66. The second-order valence-corrected chi connectivity index (χ2v) is 8.50. The van der Waals surface area contributed by atoms with Crippen LogP contribution in [-0.4, -0.2) is 34.4 Å². The summed E-state index contributed by atoms with van der Waals surface area (Å²) in [5, 5.41) is 9.71. The Morgan fingerprint density at radius 1 is 1.10 bits per heavy atom. The molecule has 0 radical (unpaired) electrons. The van der Waals surface area contributed by atoms with Gasteiger partial charge in [-0.25, -0.2) is 0 Å². The molecule has 0 bridgehead atoms. The van der Waals surface area contributed by atoms with Crippen molar-refractivity contribution in [2.75, 3.05) is 5.32 Å². The predicted octanol–water partition coefficient (Wildman–Crippen LogP) is 3.19. The van der Waals surface area contributed by atoms with Gasteiger partial charge < -0.3 is 20.5 Å². The van der Waals surface area contributed by atoms with Crippen LogP contribution in [0.2, 0.25) is 0 Å². The van der Waals surface area contributed by atoms with Gasteiger partial charge in [0.25, 0.3) is 0 Å². The first-order valence-corrected chi connectivity index (χ1v) is 10.8. The Morgan fingerprint density at radius 3 is 2.50 bits per heavy atom. The number of carbonyl (C=O) groups excluding carboxylic acids is 3. The molecule has 7 nitrogen and oxygen atoms in total. The zero-order chi connectivity index (χ0) is 21.7. The summed E-state index contributed by atoms with van der Waals surface area (Å²) >= 11 is 0. The summed E-state index contributed by atoms with van der Waals surface area (Å²) in [4.78, 5) is 36.9. The lowest BCUT2D eigenvalue weighted by molar-refractivity contribution is -0.130. The second kappa shape index (κ2) is 9.78. The van der Waals surface area contributed by atoms with Gasteiger partial charge in [-0.3, -0.25) is 14.4 Å². The minimum absolute atomic E-state index is 0.00897. The van der Waals surface area contributed by atoms with E-state index in [9.17, 15) is 14.4 Å². The number of carbonyl (C=O) groups is 3. The fraction of sp³-hybridized carbons (Fsp3) is 0.522. The summed E-state index contributed by atoms with van der Waals surface area (Å²) in [5.74, 6) is -0.465. The molecular formula is C23H32N4O3. The zero-order valence-electron chi connectivity index (χ0n) is 18.0. The number of hydrogen-bond donors (Lipinski definition) is 3. The predicted molar refractivity (Wildman–Crippen MR) is 118 cm³/mol. The lowest BCUT2D eigenvalue weighted by Gasteiger charge is -2.27. The molecule has 3 N–H and O–H groups in total. The lowest BCUT2D eigenvalue weighted by Crippen LogP contribution is -2.52. The quantitative estimate of drug-likeness (QED) is 0.652. The van der Waals surface area contributed by atoms with Crippen LogP contribution in [0.5, 0.6) is 0 Å². The second-order valence-electron chi connectivity index (χ2n) is 8.50. The average molecular weight is 413 g/mol. The molecule has 3 rings (SSSR count). The van der Waals surface area contributed by atoms with Crippen LogP contribution in [0.4, 0.5) is 5.69 Å². The van der Waals surface area contributed by atoms with Crippen LogP contribution in [-0.2, 0) is 20.9 Å². The summed E-state index contributed by atoms with van der Waals surface area (Å²) in [6.45, 7) is 5.45. The molecule has 0 unspecified atom stereocenters. The van der Waals surface area contributed by atoms with Crippen LogP contribution in [0.1, 0.15) is 52.9 Å². The monoisotopic (exact) mass is 412 g/mol. The van der Waals surface area contributed by atoms with Gasteiger partial charge in [-0.05, 0) is 37.0 Å². The Morgan fingerprint density at radius 2 is 1.83 bits per heavy atom. The highest BCUT2D eigenvalue weighted by atomic mass is 16.2. The van der Waals surface area contributed by atoms with Crippen LogP contribution >= 0.6 is 0 Å². The molecule has 3 amide bonds. The van der Waals surface area contributed by atoms with Gasteiger partial charge >= 0.3 is 0 Å². The van der Waals surface area contributed by atoms with E-state index in [2.05, 4.69) is 16.0 Å². The van der Waals surface area contributed by atoms with E-state index in [0.717, 1.165) is 36.6 Å². The minimum atomic E-state index is -0.559. The number of fused-ring (bicyclic) bond motifs is 1. The van der Waals surface area contributed by atoms with E-state index in [-0.39, 0.29) is 36.2 Å². The van der Waals surface area contributed by atoms with Crippen molar-refractivity contribution in [3.63, 3.8) is 0 Å². The fourth-order valence-electron chi connectivity index (χ4n) is 4.11.